The van der Waals surface area contributed by atoms with Crippen LogP contribution >= 0.6 is 0 Å². The molecule has 2 aliphatic carbocycles. The topological polar surface area (TPSA) is 15.7 Å². The van der Waals surface area contributed by atoms with E-state index in [2.05, 4.69) is 47.7 Å². The summed E-state index contributed by atoms with van der Waals surface area (Å²) in [4.78, 5) is 5.14. The number of nitrogens with zero attached hydrogens (tertiary/aromatic N) is 2. The van der Waals surface area contributed by atoms with Crippen molar-refractivity contribution in [2.24, 2.45) is 5.41 Å². The van der Waals surface area contributed by atoms with Gasteiger partial charge in [0.15, 0.2) is 0 Å². The minimum Gasteiger partial charge on any atom is -0.489 e. The van der Waals surface area contributed by atoms with Gasteiger partial charge >= 0.3 is 0 Å². The number of benzene rings is 1. The highest BCUT2D eigenvalue weighted by atomic mass is 16.5. The number of hydrogen-bond donors (Lipinski definition) is 0. The van der Waals surface area contributed by atoms with Gasteiger partial charge in [0, 0.05) is 29.9 Å². The fourth-order valence-electron chi connectivity index (χ4n) is 6.64. The average molecular weight is 433 g/mol. The lowest BCUT2D eigenvalue weighted by Gasteiger charge is -2.49. The number of ether oxygens (including phenoxy) is 1. The van der Waals surface area contributed by atoms with E-state index in [1.165, 1.54) is 75.6 Å². The number of allylic oxidation sites excluding steroid dienone is 1. The molecule has 0 amide bonds. The molecule has 32 heavy (non-hydrogen) atoms. The predicted octanol–water partition coefficient (Wildman–Crippen LogP) is 6.56. The van der Waals surface area contributed by atoms with E-state index in [9.17, 15) is 0 Å². The van der Waals surface area contributed by atoms with Crippen LogP contribution in [0.5, 0.6) is 5.75 Å². The molecule has 3 atom stereocenters. The molecule has 0 N–H and O–H groups in total. The summed E-state index contributed by atoms with van der Waals surface area (Å²) >= 11 is 0. The fraction of sp³-hybridized carbons (Fsp3) is 0.586. The average Bonchev–Trinajstić information content (AvgIpc) is 3.38. The van der Waals surface area contributed by atoms with Crippen molar-refractivity contribution in [2.45, 2.75) is 88.9 Å². The second-order valence-electron chi connectivity index (χ2n) is 10.6. The van der Waals surface area contributed by atoms with Crippen LogP contribution in [0.15, 0.2) is 50.1 Å². The normalized spacial score (nSPS) is 27.8. The molecule has 172 valence electrons. The monoisotopic (exact) mass is 432 g/mol. The Balaban J connectivity index is 1.23. The summed E-state index contributed by atoms with van der Waals surface area (Å²) in [5, 5.41) is 0. The third-order valence-electron chi connectivity index (χ3n) is 8.86. The van der Waals surface area contributed by atoms with Crippen molar-refractivity contribution in [2.75, 3.05) is 13.1 Å². The number of fused-ring (bicyclic) bond motifs is 1. The Kier molecular flexibility index (Phi) is 6.20. The number of piperidine rings is 1. The molecular weight excluding hydrogens is 392 g/mol. The standard InChI is InChI=1S/C29H40N2O/c1-4-6-9-24(5-2)31-21-23-20-25(12-13-26(23)22(31)3)32-28-11-7-10-27(28)30-18-16-29(17-19-30)14-8-15-29/h4-5,12-13,20,24,27-28H,1-3,6-11,14-19,21H2. The second kappa shape index (κ2) is 9.09. The fourth-order valence-corrected chi connectivity index (χ4v) is 6.64. The van der Waals surface area contributed by atoms with Gasteiger partial charge in [-0.05, 0) is 100 Å². The maximum Gasteiger partial charge on any atom is 0.120 e. The highest BCUT2D eigenvalue weighted by molar-refractivity contribution is 5.70. The van der Waals surface area contributed by atoms with Crippen molar-refractivity contribution in [1.82, 2.24) is 9.80 Å². The van der Waals surface area contributed by atoms with E-state index in [0.717, 1.165) is 30.8 Å². The van der Waals surface area contributed by atoms with Gasteiger partial charge in [-0.25, -0.2) is 0 Å². The van der Waals surface area contributed by atoms with Gasteiger partial charge in [-0.2, -0.15) is 0 Å². The number of hydrogen-bond acceptors (Lipinski definition) is 3. The van der Waals surface area contributed by atoms with Crippen LogP contribution in [0, 0.1) is 5.41 Å². The molecule has 2 saturated carbocycles. The lowest BCUT2D eigenvalue weighted by molar-refractivity contribution is -0.00423. The Bertz CT molecular complexity index is 860. The summed E-state index contributed by atoms with van der Waals surface area (Å²) in [5.74, 6) is 1.03. The molecule has 3 unspecified atom stereocenters. The van der Waals surface area contributed by atoms with Crippen molar-refractivity contribution < 1.29 is 4.74 Å². The van der Waals surface area contributed by atoms with E-state index in [1.54, 1.807) is 0 Å². The van der Waals surface area contributed by atoms with Gasteiger partial charge in [0.1, 0.15) is 11.9 Å². The van der Waals surface area contributed by atoms with E-state index >= 15 is 0 Å². The molecule has 3 nitrogen and oxygen atoms in total. The van der Waals surface area contributed by atoms with Crippen molar-refractivity contribution in [1.29, 1.82) is 0 Å². The van der Waals surface area contributed by atoms with Gasteiger partial charge in [0.25, 0.3) is 0 Å². The zero-order chi connectivity index (χ0) is 22.1. The summed E-state index contributed by atoms with van der Waals surface area (Å²) in [6, 6.07) is 7.54. The number of rotatable bonds is 8. The van der Waals surface area contributed by atoms with Crippen molar-refractivity contribution >= 4 is 5.70 Å². The molecule has 2 heterocycles. The van der Waals surface area contributed by atoms with Crippen LogP contribution in [0.4, 0.5) is 0 Å². The van der Waals surface area contributed by atoms with Gasteiger partial charge < -0.3 is 9.64 Å². The first-order valence-electron chi connectivity index (χ1n) is 12.9. The van der Waals surface area contributed by atoms with E-state index in [1.807, 2.05) is 12.2 Å². The minimum atomic E-state index is 0.301. The summed E-state index contributed by atoms with van der Waals surface area (Å²) in [7, 11) is 0. The first kappa shape index (κ1) is 21.8. The largest absolute Gasteiger partial charge is 0.489 e. The maximum absolute atomic E-state index is 6.66. The Labute approximate surface area is 194 Å². The molecule has 0 aromatic heterocycles. The molecular formula is C29H40N2O. The van der Waals surface area contributed by atoms with Gasteiger partial charge in [0.2, 0.25) is 0 Å². The SMILES string of the molecule is C=CCCC(C=C)N1Cc2cc(OC3CCCC3N3CCC4(CCC4)CC3)ccc2C1=C. The maximum atomic E-state index is 6.66. The molecule has 1 spiro atoms. The van der Waals surface area contributed by atoms with E-state index in [0.29, 0.717) is 23.6 Å². The van der Waals surface area contributed by atoms with Crippen LogP contribution in [0.25, 0.3) is 5.70 Å². The molecule has 2 aliphatic heterocycles. The lowest BCUT2D eigenvalue weighted by atomic mass is 9.63. The molecule has 1 aromatic rings. The van der Waals surface area contributed by atoms with Crippen molar-refractivity contribution in [3.05, 3.63) is 61.2 Å². The molecule has 1 aromatic carbocycles. The van der Waals surface area contributed by atoms with Crippen LogP contribution < -0.4 is 4.74 Å². The summed E-state index contributed by atoms with van der Waals surface area (Å²) < 4.78 is 6.66. The van der Waals surface area contributed by atoms with E-state index in [-0.39, 0.29) is 0 Å². The molecule has 5 rings (SSSR count). The van der Waals surface area contributed by atoms with Crippen molar-refractivity contribution in [3.63, 3.8) is 0 Å². The molecule has 0 bridgehead atoms. The summed E-state index contributed by atoms with van der Waals surface area (Å²) in [5.41, 5.74) is 4.41. The Morgan fingerprint density at radius 2 is 1.91 bits per heavy atom. The zero-order valence-electron chi connectivity index (χ0n) is 19.7. The van der Waals surface area contributed by atoms with Crippen LogP contribution in [-0.4, -0.2) is 41.1 Å². The number of likely N-dealkylation sites (tertiary alicyclic amines) is 1. The van der Waals surface area contributed by atoms with E-state index in [4.69, 9.17) is 4.74 Å². The zero-order valence-corrected chi connectivity index (χ0v) is 19.7. The van der Waals surface area contributed by atoms with Gasteiger partial charge in [0.05, 0.1) is 0 Å². The van der Waals surface area contributed by atoms with Crippen molar-refractivity contribution in [3.8, 4) is 5.75 Å². The third kappa shape index (κ3) is 4.05. The molecule has 0 radical (unpaired) electrons. The first-order valence-corrected chi connectivity index (χ1v) is 12.9. The summed E-state index contributed by atoms with van der Waals surface area (Å²) in [6.07, 6.45) is 17.4. The Hall–Kier alpha value is -2.00. The quantitative estimate of drug-likeness (QED) is 0.433. The van der Waals surface area contributed by atoms with Crippen LogP contribution in [0.1, 0.15) is 75.3 Å². The summed E-state index contributed by atoms with van der Waals surface area (Å²) in [6.45, 7) is 15.8. The molecule has 3 fully saturated rings. The van der Waals surface area contributed by atoms with Crippen LogP contribution in [0.2, 0.25) is 0 Å². The van der Waals surface area contributed by atoms with E-state index < -0.39 is 0 Å². The first-order chi connectivity index (χ1) is 15.6. The molecule has 3 heteroatoms. The second-order valence-corrected chi connectivity index (χ2v) is 10.6. The van der Waals surface area contributed by atoms with Gasteiger partial charge in [-0.3, -0.25) is 4.90 Å². The van der Waals surface area contributed by atoms with Crippen LogP contribution in [0.3, 0.4) is 0 Å². The molecule has 1 saturated heterocycles. The highest BCUT2D eigenvalue weighted by Crippen LogP contribution is 2.49. The third-order valence-corrected chi connectivity index (χ3v) is 8.86. The lowest BCUT2D eigenvalue weighted by Crippen LogP contribution is -2.50. The Morgan fingerprint density at radius 1 is 1.09 bits per heavy atom. The molecule has 4 aliphatic rings. The Morgan fingerprint density at radius 3 is 2.59 bits per heavy atom. The van der Waals surface area contributed by atoms with Crippen LogP contribution in [-0.2, 0) is 6.54 Å². The minimum absolute atomic E-state index is 0.301. The predicted molar refractivity (Wildman–Crippen MR) is 134 cm³/mol. The smallest absolute Gasteiger partial charge is 0.120 e. The van der Waals surface area contributed by atoms with Gasteiger partial charge in [-0.15, -0.1) is 13.2 Å². The van der Waals surface area contributed by atoms with Gasteiger partial charge in [-0.1, -0.05) is 25.2 Å². The highest BCUT2D eigenvalue weighted by Gasteiger charge is 2.43.